The number of carbonyl (C=O) groups excluding carboxylic acids is 1. The molecule has 3 aliphatic rings. The van der Waals surface area contributed by atoms with Gasteiger partial charge in [0.05, 0.1) is 23.0 Å². The van der Waals surface area contributed by atoms with Crippen LogP contribution in [0.2, 0.25) is 5.02 Å². The van der Waals surface area contributed by atoms with Crippen molar-refractivity contribution in [1.29, 1.82) is 0 Å². The van der Waals surface area contributed by atoms with E-state index >= 15 is 0 Å². The molecule has 2 aromatic rings. The van der Waals surface area contributed by atoms with Crippen molar-refractivity contribution < 1.29 is 32.6 Å². The van der Waals surface area contributed by atoms with Crippen LogP contribution in [0.15, 0.2) is 30.3 Å². The van der Waals surface area contributed by atoms with Crippen molar-refractivity contribution in [3.8, 4) is 5.75 Å². The van der Waals surface area contributed by atoms with Crippen molar-refractivity contribution >= 4 is 34.2 Å². The van der Waals surface area contributed by atoms with Gasteiger partial charge in [0, 0.05) is 23.0 Å². The molecule has 1 saturated carbocycles. The van der Waals surface area contributed by atoms with Crippen molar-refractivity contribution in [3.63, 3.8) is 0 Å². The number of ether oxygens (including phenoxy) is 1. The van der Waals surface area contributed by atoms with E-state index in [4.69, 9.17) is 16.3 Å². The summed E-state index contributed by atoms with van der Waals surface area (Å²) >= 11 is 6.59. The number of nitrogens with zero attached hydrogens (tertiary/aromatic N) is 1. The van der Waals surface area contributed by atoms with Crippen LogP contribution >= 0.6 is 11.6 Å². The number of halogens is 4. The maximum Gasteiger partial charge on any atom is 0.391 e. The summed E-state index contributed by atoms with van der Waals surface area (Å²) in [5, 5.41) is 11.2. The first kappa shape index (κ1) is 24.2. The van der Waals surface area contributed by atoms with Crippen molar-refractivity contribution in [2.45, 2.75) is 75.7 Å². The van der Waals surface area contributed by atoms with E-state index in [9.17, 15) is 27.9 Å². The molecule has 2 heterocycles. The number of carbonyl (C=O) groups is 2. The van der Waals surface area contributed by atoms with Gasteiger partial charge in [-0.15, -0.1) is 0 Å². The van der Waals surface area contributed by atoms with Crippen molar-refractivity contribution in [3.05, 3.63) is 40.9 Å². The van der Waals surface area contributed by atoms with E-state index < -0.39 is 24.0 Å². The largest absolute Gasteiger partial charge is 0.489 e. The molecule has 9 heteroatoms. The molecular formula is C26H27ClF3NO4. The molecule has 2 saturated heterocycles. The minimum absolute atomic E-state index is 0.0511. The lowest BCUT2D eigenvalue weighted by atomic mass is 9.87. The van der Waals surface area contributed by atoms with Crippen molar-refractivity contribution in [1.82, 2.24) is 4.90 Å². The van der Waals surface area contributed by atoms with Crippen LogP contribution in [0.5, 0.6) is 5.75 Å². The second-order valence-corrected chi connectivity index (χ2v) is 10.4. The summed E-state index contributed by atoms with van der Waals surface area (Å²) in [7, 11) is 0. The second kappa shape index (κ2) is 9.19. The number of hydrogen-bond acceptors (Lipinski definition) is 3. The third-order valence-electron chi connectivity index (χ3n) is 7.91. The maximum absolute atomic E-state index is 13.3. The van der Waals surface area contributed by atoms with E-state index in [2.05, 4.69) is 0 Å². The summed E-state index contributed by atoms with van der Waals surface area (Å²) in [4.78, 5) is 26.6. The number of carboxylic acid groups (broad SMARTS) is 1. The zero-order valence-electron chi connectivity index (χ0n) is 19.1. The van der Waals surface area contributed by atoms with E-state index in [0.717, 1.165) is 18.2 Å². The number of hydrogen-bond donors (Lipinski definition) is 1. The monoisotopic (exact) mass is 509 g/mol. The van der Waals surface area contributed by atoms with Gasteiger partial charge in [-0.1, -0.05) is 23.7 Å². The SMILES string of the molecule is O=C(O)C1CC2CCC(C1)N2C(=O)c1ccc2c(Cl)c(OC3CCC(C(F)(F)F)CC3)ccc2c1. The summed E-state index contributed by atoms with van der Waals surface area (Å²) in [6.07, 6.45) is -1.09. The van der Waals surface area contributed by atoms with Crippen LogP contribution in [0, 0.1) is 11.8 Å². The van der Waals surface area contributed by atoms with Crippen LogP contribution in [0.1, 0.15) is 61.7 Å². The molecule has 5 rings (SSSR count). The van der Waals surface area contributed by atoms with E-state index in [1.807, 2.05) is 4.90 Å². The molecule has 2 aromatic carbocycles. The molecule has 2 atom stereocenters. The van der Waals surface area contributed by atoms with E-state index in [1.165, 1.54) is 0 Å². The first-order valence-corrected chi connectivity index (χ1v) is 12.5. The molecule has 35 heavy (non-hydrogen) atoms. The molecule has 1 aliphatic carbocycles. The Morgan fingerprint density at radius 3 is 2.23 bits per heavy atom. The molecule has 0 radical (unpaired) electrons. The van der Waals surface area contributed by atoms with Gasteiger partial charge in [0.1, 0.15) is 5.75 Å². The Bertz CT molecular complexity index is 1130. The van der Waals surface area contributed by atoms with Gasteiger partial charge >= 0.3 is 12.1 Å². The van der Waals surface area contributed by atoms with Crippen molar-refractivity contribution in [2.24, 2.45) is 11.8 Å². The fourth-order valence-corrected chi connectivity index (χ4v) is 6.32. The predicted octanol–water partition coefficient (Wildman–Crippen LogP) is 6.46. The Balaban J connectivity index is 1.30. The van der Waals surface area contributed by atoms with Gasteiger partial charge in [0.15, 0.2) is 0 Å². The van der Waals surface area contributed by atoms with E-state index in [-0.39, 0.29) is 36.9 Å². The van der Waals surface area contributed by atoms with Crippen LogP contribution in [0.4, 0.5) is 13.2 Å². The first-order valence-electron chi connectivity index (χ1n) is 12.1. The quantitative estimate of drug-likeness (QED) is 0.513. The van der Waals surface area contributed by atoms with Gasteiger partial charge in [0.2, 0.25) is 0 Å². The minimum atomic E-state index is -4.16. The second-order valence-electron chi connectivity index (χ2n) is 10.1. The van der Waals surface area contributed by atoms with E-state index in [1.54, 1.807) is 30.3 Å². The molecule has 0 aromatic heterocycles. The van der Waals surface area contributed by atoms with Gasteiger partial charge in [-0.2, -0.15) is 13.2 Å². The zero-order valence-corrected chi connectivity index (χ0v) is 19.8. The molecule has 1 N–H and O–H groups in total. The molecule has 188 valence electrons. The Hall–Kier alpha value is -2.48. The molecule has 0 spiro atoms. The highest BCUT2D eigenvalue weighted by atomic mass is 35.5. The summed E-state index contributed by atoms with van der Waals surface area (Å²) < 4.78 is 44.7. The number of fused-ring (bicyclic) bond motifs is 3. The maximum atomic E-state index is 13.3. The minimum Gasteiger partial charge on any atom is -0.489 e. The summed E-state index contributed by atoms with van der Waals surface area (Å²) in [6.45, 7) is 0. The fourth-order valence-electron chi connectivity index (χ4n) is 6.04. The van der Waals surface area contributed by atoms with Crippen LogP contribution in [0.25, 0.3) is 10.8 Å². The molecule has 2 aliphatic heterocycles. The Kier molecular flexibility index (Phi) is 6.36. The van der Waals surface area contributed by atoms with Gasteiger partial charge in [0.25, 0.3) is 5.91 Å². The normalized spacial score (nSPS) is 28.8. The lowest BCUT2D eigenvalue weighted by Gasteiger charge is -2.37. The molecule has 1 amide bonds. The topological polar surface area (TPSA) is 66.8 Å². The average Bonchev–Trinajstić information content (AvgIpc) is 3.08. The summed E-state index contributed by atoms with van der Waals surface area (Å²) in [5.74, 6) is -2.12. The summed E-state index contributed by atoms with van der Waals surface area (Å²) in [6, 6.07) is 8.68. The first-order chi connectivity index (χ1) is 16.6. The van der Waals surface area contributed by atoms with Crippen LogP contribution in [0.3, 0.4) is 0 Å². The van der Waals surface area contributed by atoms with Gasteiger partial charge < -0.3 is 14.7 Å². The van der Waals surface area contributed by atoms with Crippen molar-refractivity contribution in [2.75, 3.05) is 0 Å². The van der Waals surface area contributed by atoms with E-state index in [0.29, 0.717) is 47.4 Å². The third kappa shape index (κ3) is 4.69. The molecular weight excluding hydrogens is 483 g/mol. The number of piperidine rings is 1. The lowest BCUT2D eigenvalue weighted by Crippen LogP contribution is -2.47. The predicted molar refractivity (Wildman–Crippen MR) is 125 cm³/mol. The highest BCUT2D eigenvalue weighted by Gasteiger charge is 2.45. The smallest absolute Gasteiger partial charge is 0.391 e. The Morgan fingerprint density at radius 2 is 1.63 bits per heavy atom. The number of carboxylic acids is 1. The zero-order chi connectivity index (χ0) is 24.9. The van der Waals surface area contributed by atoms with Gasteiger partial charge in [-0.05, 0) is 75.0 Å². The number of aliphatic carboxylic acids is 1. The lowest BCUT2D eigenvalue weighted by molar-refractivity contribution is -0.185. The fraction of sp³-hybridized carbons (Fsp3) is 0.538. The molecule has 2 bridgehead atoms. The third-order valence-corrected chi connectivity index (χ3v) is 8.30. The van der Waals surface area contributed by atoms with Gasteiger partial charge in [-0.25, -0.2) is 0 Å². The molecule has 3 fully saturated rings. The number of amides is 1. The number of benzene rings is 2. The molecule has 5 nitrogen and oxygen atoms in total. The van der Waals surface area contributed by atoms with Crippen LogP contribution < -0.4 is 4.74 Å². The Morgan fingerprint density at radius 1 is 0.971 bits per heavy atom. The Labute approximate surface area is 206 Å². The highest BCUT2D eigenvalue weighted by molar-refractivity contribution is 6.37. The summed E-state index contributed by atoms with van der Waals surface area (Å²) in [5.41, 5.74) is 0.526. The number of rotatable bonds is 4. The van der Waals surface area contributed by atoms with Gasteiger partial charge in [-0.3, -0.25) is 9.59 Å². The average molecular weight is 510 g/mol. The van der Waals surface area contributed by atoms with Crippen LogP contribution in [-0.2, 0) is 4.79 Å². The number of alkyl halides is 3. The highest BCUT2D eigenvalue weighted by Crippen LogP contribution is 2.42. The van der Waals surface area contributed by atoms with Crippen LogP contribution in [-0.4, -0.2) is 46.2 Å². The standard InChI is InChI=1S/C26H27ClF3NO4/c27-23-21-9-1-15(24(32)31-18-5-6-19(31)13-16(12-18)25(33)34)11-14(21)2-10-22(23)35-20-7-3-17(4-8-20)26(28,29)30/h1-2,9-11,16-20H,3-8,12-13H2,(H,33,34). The molecule has 2 unspecified atom stereocenters.